The van der Waals surface area contributed by atoms with Crippen LogP contribution in [0.25, 0.3) is 0 Å². The zero-order valence-electron chi connectivity index (χ0n) is 15.2. The average molecular weight is 419 g/mol. The van der Waals surface area contributed by atoms with Crippen molar-refractivity contribution in [3.8, 4) is 0 Å². The number of hydrogen-bond acceptors (Lipinski definition) is 4. The number of alkyl halides is 3. The van der Waals surface area contributed by atoms with E-state index in [1.54, 1.807) is 31.3 Å². The fourth-order valence-electron chi connectivity index (χ4n) is 2.34. The average Bonchev–Trinajstić information content (AvgIpc) is 3.02. The molecule has 0 saturated carbocycles. The van der Waals surface area contributed by atoms with E-state index in [0.29, 0.717) is 5.56 Å². The molecule has 0 bridgehead atoms. The van der Waals surface area contributed by atoms with Gasteiger partial charge in [-0.15, -0.1) is 0 Å². The zero-order chi connectivity index (χ0) is 20.9. The predicted octanol–water partition coefficient (Wildman–Crippen LogP) is 1.94. The first-order valence-corrected chi connectivity index (χ1v) is 9.60. The largest absolute Gasteiger partial charge is 0.411 e. The second-order valence-electron chi connectivity index (χ2n) is 5.99. The summed E-state index contributed by atoms with van der Waals surface area (Å²) in [6.45, 7) is -1.31. The number of rotatable bonds is 8. The van der Waals surface area contributed by atoms with Crippen molar-refractivity contribution in [3.05, 3.63) is 53.3 Å². The van der Waals surface area contributed by atoms with Crippen LogP contribution in [0.3, 0.4) is 0 Å². The molecular weight excluding hydrogens is 399 g/mol. The maximum absolute atomic E-state index is 12.3. The smallest absolute Gasteiger partial charge is 0.367 e. The fourth-order valence-corrected chi connectivity index (χ4v) is 3.13. The SMILES string of the molecule is CNS(=O)(=O)c1cc(C(=O)NCc2ccc(COCC(F)(F)F)cc2)n(C)c1. The number of nitrogens with one attached hydrogen (secondary N) is 2. The molecule has 1 amide bonds. The maximum atomic E-state index is 12.3. The van der Waals surface area contributed by atoms with Gasteiger partial charge >= 0.3 is 6.18 Å². The maximum Gasteiger partial charge on any atom is 0.411 e. The lowest BCUT2D eigenvalue weighted by atomic mass is 10.1. The van der Waals surface area contributed by atoms with Gasteiger partial charge in [0.2, 0.25) is 10.0 Å². The van der Waals surface area contributed by atoms with Crippen LogP contribution in [0.15, 0.2) is 41.4 Å². The van der Waals surface area contributed by atoms with Crippen LogP contribution in [-0.2, 0) is 35.0 Å². The Kier molecular flexibility index (Phi) is 6.86. The number of aryl methyl sites for hydroxylation is 1. The quantitative estimate of drug-likeness (QED) is 0.685. The Morgan fingerprint density at radius 1 is 1.18 bits per heavy atom. The number of benzene rings is 1. The number of hydrogen-bond donors (Lipinski definition) is 2. The lowest BCUT2D eigenvalue weighted by molar-refractivity contribution is -0.176. The minimum absolute atomic E-state index is 0.0224. The Morgan fingerprint density at radius 3 is 2.36 bits per heavy atom. The molecule has 2 aromatic rings. The molecule has 7 nitrogen and oxygen atoms in total. The summed E-state index contributed by atoms with van der Waals surface area (Å²) in [7, 11) is -0.823. The van der Waals surface area contributed by atoms with Crippen LogP contribution in [0.1, 0.15) is 21.6 Å². The Balaban J connectivity index is 1.93. The van der Waals surface area contributed by atoms with Crippen molar-refractivity contribution in [2.24, 2.45) is 7.05 Å². The molecule has 0 unspecified atom stereocenters. The summed E-state index contributed by atoms with van der Waals surface area (Å²) >= 11 is 0. The summed E-state index contributed by atoms with van der Waals surface area (Å²) in [6, 6.07) is 7.81. The molecule has 0 aliphatic carbocycles. The first-order valence-electron chi connectivity index (χ1n) is 8.12. The topological polar surface area (TPSA) is 89.4 Å². The molecule has 0 radical (unpaired) electrons. The van der Waals surface area contributed by atoms with E-state index in [-0.39, 0.29) is 23.7 Å². The van der Waals surface area contributed by atoms with Crippen molar-refractivity contribution >= 4 is 15.9 Å². The van der Waals surface area contributed by atoms with Crippen molar-refractivity contribution in [2.45, 2.75) is 24.2 Å². The third-order valence-corrected chi connectivity index (χ3v) is 5.18. The third kappa shape index (κ3) is 6.08. The van der Waals surface area contributed by atoms with Crippen LogP contribution in [0.2, 0.25) is 0 Å². The Hall–Kier alpha value is -2.37. The summed E-state index contributed by atoms with van der Waals surface area (Å²) in [5.41, 5.74) is 1.47. The Bertz CT molecular complexity index is 922. The molecule has 2 rings (SSSR count). The van der Waals surface area contributed by atoms with Gasteiger partial charge in [-0.3, -0.25) is 4.79 Å². The summed E-state index contributed by atoms with van der Waals surface area (Å²) in [4.78, 5) is 12.3. The van der Waals surface area contributed by atoms with Crippen LogP contribution in [0, 0.1) is 0 Å². The molecule has 0 aliphatic rings. The van der Waals surface area contributed by atoms with Gasteiger partial charge in [-0.1, -0.05) is 24.3 Å². The van der Waals surface area contributed by atoms with Crippen molar-refractivity contribution in [1.29, 1.82) is 0 Å². The molecule has 1 aromatic heterocycles. The molecule has 2 N–H and O–H groups in total. The first-order chi connectivity index (χ1) is 13.0. The van der Waals surface area contributed by atoms with E-state index in [9.17, 15) is 26.4 Å². The lowest BCUT2D eigenvalue weighted by Crippen LogP contribution is -2.24. The van der Waals surface area contributed by atoms with Gasteiger partial charge in [0.1, 0.15) is 17.2 Å². The van der Waals surface area contributed by atoms with Gasteiger partial charge in [0.25, 0.3) is 5.91 Å². The van der Waals surface area contributed by atoms with Crippen molar-refractivity contribution < 1.29 is 31.1 Å². The summed E-state index contributed by atoms with van der Waals surface area (Å²) < 4.78 is 67.9. The van der Waals surface area contributed by atoms with E-state index in [1.165, 1.54) is 23.9 Å². The van der Waals surface area contributed by atoms with Gasteiger partial charge in [-0.2, -0.15) is 13.2 Å². The number of sulfonamides is 1. The Labute approximate surface area is 160 Å². The van der Waals surface area contributed by atoms with Crippen LogP contribution in [-0.4, -0.2) is 38.7 Å². The Morgan fingerprint density at radius 2 is 1.79 bits per heavy atom. The third-order valence-electron chi connectivity index (χ3n) is 3.80. The minimum Gasteiger partial charge on any atom is -0.367 e. The van der Waals surface area contributed by atoms with Crippen molar-refractivity contribution in [3.63, 3.8) is 0 Å². The fraction of sp³-hybridized carbons (Fsp3) is 0.353. The monoisotopic (exact) mass is 419 g/mol. The molecule has 154 valence electrons. The summed E-state index contributed by atoms with van der Waals surface area (Å²) in [6.07, 6.45) is -3.04. The second kappa shape index (κ2) is 8.76. The van der Waals surface area contributed by atoms with Crippen LogP contribution in [0.5, 0.6) is 0 Å². The predicted molar refractivity (Wildman–Crippen MR) is 95.0 cm³/mol. The van der Waals surface area contributed by atoms with Crippen LogP contribution >= 0.6 is 0 Å². The molecule has 28 heavy (non-hydrogen) atoms. The van der Waals surface area contributed by atoms with E-state index in [2.05, 4.69) is 14.8 Å². The number of amides is 1. The number of carbonyl (C=O) groups excluding carboxylic acids is 1. The van der Waals surface area contributed by atoms with Gasteiger partial charge in [0.05, 0.1) is 6.61 Å². The normalized spacial score (nSPS) is 12.2. The molecule has 0 aliphatic heterocycles. The standard InChI is InChI=1S/C17H20F3N3O4S/c1-21-28(25,26)14-7-15(23(2)9-14)16(24)22-8-12-3-5-13(6-4-12)10-27-11-17(18,19)20/h3-7,9,21H,8,10-11H2,1-2H3,(H,22,24). The van der Waals surface area contributed by atoms with Gasteiger partial charge < -0.3 is 14.6 Å². The molecule has 0 atom stereocenters. The van der Waals surface area contributed by atoms with Crippen molar-refractivity contribution in [2.75, 3.05) is 13.7 Å². The first kappa shape index (κ1) is 21.9. The highest BCUT2D eigenvalue weighted by Gasteiger charge is 2.27. The van der Waals surface area contributed by atoms with Gasteiger partial charge in [0.15, 0.2) is 0 Å². The number of nitrogens with zero attached hydrogens (tertiary/aromatic N) is 1. The number of aromatic nitrogens is 1. The van der Waals surface area contributed by atoms with Gasteiger partial charge in [0, 0.05) is 19.8 Å². The molecule has 0 fully saturated rings. The number of halogens is 3. The van der Waals surface area contributed by atoms with E-state index in [1.807, 2.05) is 0 Å². The summed E-state index contributed by atoms with van der Waals surface area (Å²) in [5.74, 6) is -0.461. The van der Waals surface area contributed by atoms with Crippen molar-refractivity contribution in [1.82, 2.24) is 14.6 Å². The molecule has 11 heteroatoms. The summed E-state index contributed by atoms with van der Waals surface area (Å²) in [5, 5.41) is 2.67. The minimum atomic E-state index is -4.37. The molecule has 1 heterocycles. The van der Waals surface area contributed by atoms with E-state index < -0.39 is 28.7 Å². The molecule has 1 aromatic carbocycles. The highest BCUT2D eigenvalue weighted by Crippen LogP contribution is 2.16. The van der Waals surface area contributed by atoms with E-state index in [0.717, 1.165) is 5.56 Å². The number of ether oxygens (including phenoxy) is 1. The molecule has 0 saturated heterocycles. The lowest BCUT2D eigenvalue weighted by Gasteiger charge is -2.09. The molecule has 0 spiro atoms. The van der Waals surface area contributed by atoms with Gasteiger partial charge in [-0.25, -0.2) is 13.1 Å². The molecular formula is C17H20F3N3O4S. The number of carbonyl (C=O) groups is 1. The second-order valence-corrected chi connectivity index (χ2v) is 7.87. The van der Waals surface area contributed by atoms with E-state index in [4.69, 9.17) is 0 Å². The zero-order valence-corrected chi connectivity index (χ0v) is 16.0. The van der Waals surface area contributed by atoms with Gasteiger partial charge in [-0.05, 0) is 24.2 Å². The van der Waals surface area contributed by atoms with Crippen LogP contribution < -0.4 is 10.0 Å². The van der Waals surface area contributed by atoms with E-state index >= 15 is 0 Å². The highest BCUT2D eigenvalue weighted by molar-refractivity contribution is 7.89. The van der Waals surface area contributed by atoms with Crippen LogP contribution in [0.4, 0.5) is 13.2 Å². The highest BCUT2D eigenvalue weighted by atomic mass is 32.2.